The van der Waals surface area contributed by atoms with Crippen molar-refractivity contribution in [2.24, 2.45) is 7.05 Å². The number of aromatic nitrogens is 3. The van der Waals surface area contributed by atoms with Gasteiger partial charge < -0.3 is 5.32 Å². The fourth-order valence-corrected chi connectivity index (χ4v) is 2.62. The van der Waals surface area contributed by atoms with E-state index in [9.17, 15) is 22.8 Å². The number of halogens is 3. The van der Waals surface area contributed by atoms with Crippen molar-refractivity contribution in [3.05, 3.63) is 47.8 Å². The number of urea groups is 1. The molecule has 0 fully saturated rings. The van der Waals surface area contributed by atoms with Gasteiger partial charge in [-0.2, -0.15) is 18.3 Å². The molecule has 0 spiro atoms. The first-order chi connectivity index (χ1) is 12.7. The van der Waals surface area contributed by atoms with Gasteiger partial charge in [-0.1, -0.05) is 6.07 Å². The normalized spacial score (nSPS) is 11.4. The average molecular weight is 377 g/mol. The molecule has 2 aromatic heterocycles. The molecule has 0 saturated carbocycles. The molecule has 10 heteroatoms. The van der Waals surface area contributed by atoms with E-state index in [0.29, 0.717) is 21.6 Å². The number of hydrogen-bond donors (Lipinski definition) is 1. The maximum absolute atomic E-state index is 12.8. The third-order valence-corrected chi connectivity index (χ3v) is 3.89. The van der Waals surface area contributed by atoms with Crippen LogP contribution >= 0.6 is 0 Å². The number of rotatable bonds is 3. The fraction of sp³-hybridized carbons (Fsp3) is 0.176. The molecule has 0 unspecified atom stereocenters. The molecule has 0 bridgehead atoms. The largest absolute Gasteiger partial charge is 0.416 e. The zero-order chi connectivity index (χ0) is 19.8. The van der Waals surface area contributed by atoms with Crippen molar-refractivity contribution in [1.29, 1.82) is 0 Å². The zero-order valence-electron chi connectivity index (χ0n) is 14.3. The third-order valence-electron chi connectivity index (χ3n) is 3.89. The summed E-state index contributed by atoms with van der Waals surface area (Å²) in [5, 5.41) is 7.36. The maximum atomic E-state index is 12.8. The Balaban J connectivity index is 1.88. The van der Waals surface area contributed by atoms with E-state index in [1.807, 2.05) is 0 Å². The summed E-state index contributed by atoms with van der Waals surface area (Å²) in [5.74, 6) is 0. The minimum atomic E-state index is -4.59. The molecule has 0 aliphatic rings. The van der Waals surface area contributed by atoms with E-state index in [0.717, 1.165) is 18.2 Å². The lowest BCUT2D eigenvalue weighted by Crippen LogP contribution is -2.34. The molecule has 3 aromatic rings. The number of fused-ring (bicyclic) bond motifs is 1. The number of benzene rings is 1. The van der Waals surface area contributed by atoms with Gasteiger partial charge in [-0.3, -0.25) is 9.48 Å². The van der Waals surface area contributed by atoms with Crippen LogP contribution in [0.3, 0.4) is 0 Å². The van der Waals surface area contributed by atoms with Crippen molar-refractivity contribution < 1.29 is 22.8 Å². The van der Waals surface area contributed by atoms with Crippen LogP contribution in [0.1, 0.15) is 11.3 Å². The van der Waals surface area contributed by atoms with Gasteiger partial charge in [0.05, 0.1) is 28.8 Å². The standard InChI is InChI=1S/C17H14F3N5O2/c1-10-14-7-12(8-21-15(14)24(2)23-10)22-16(27)25(9-26)13-5-3-4-11(6-13)17(18,19)20/h3-9H,1-2H3,(H,22,27). The first-order valence-corrected chi connectivity index (χ1v) is 7.73. The van der Waals surface area contributed by atoms with Crippen molar-refractivity contribution >= 4 is 34.8 Å². The Hall–Kier alpha value is -3.43. The molecule has 0 aliphatic carbocycles. The van der Waals surface area contributed by atoms with E-state index in [1.54, 1.807) is 24.7 Å². The molecular weight excluding hydrogens is 363 g/mol. The summed E-state index contributed by atoms with van der Waals surface area (Å²) >= 11 is 0. The quantitative estimate of drug-likeness (QED) is 0.709. The summed E-state index contributed by atoms with van der Waals surface area (Å²) in [6.45, 7) is 1.77. The van der Waals surface area contributed by atoms with Gasteiger partial charge in [0.25, 0.3) is 0 Å². The molecule has 1 aromatic carbocycles. The van der Waals surface area contributed by atoms with E-state index in [4.69, 9.17) is 0 Å². The number of nitrogens with zero attached hydrogens (tertiary/aromatic N) is 4. The van der Waals surface area contributed by atoms with Crippen LogP contribution < -0.4 is 10.2 Å². The Morgan fingerprint density at radius 1 is 1.30 bits per heavy atom. The summed E-state index contributed by atoms with van der Waals surface area (Å²) < 4.78 is 40.1. The van der Waals surface area contributed by atoms with E-state index < -0.39 is 17.8 Å². The predicted molar refractivity (Wildman–Crippen MR) is 92.3 cm³/mol. The molecule has 0 atom stereocenters. The van der Waals surface area contributed by atoms with Crippen LogP contribution in [0, 0.1) is 6.92 Å². The van der Waals surface area contributed by atoms with Crippen molar-refractivity contribution in [3.63, 3.8) is 0 Å². The number of anilines is 2. The SMILES string of the molecule is Cc1nn(C)c2ncc(NC(=O)N(C=O)c3cccc(C(F)(F)F)c3)cc12. The second kappa shape index (κ2) is 6.71. The van der Waals surface area contributed by atoms with Crippen LogP contribution in [-0.2, 0) is 18.0 Å². The number of pyridine rings is 1. The minimum absolute atomic E-state index is 0.145. The molecule has 0 saturated heterocycles. The van der Waals surface area contributed by atoms with Crippen molar-refractivity contribution in [2.75, 3.05) is 10.2 Å². The fourth-order valence-electron chi connectivity index (χ4n) is 2.62. The summed E-state index contributed by atoms with van der Waals surface area (Å²) in [5.41, 5.74) is 0.414. The van der Waals surface area contributed by atoms with Gasteiger partial charge in [-0.15, -0.1) is 0 Å². The molecule has 27 heavy (non-hydrogen) atoms. The zero-order valence-corrected chi connectivity index (χ0v) is 14.3. The predicted octanol–water partition coefficient (Wildman–Crippen LogP) is 3.49. The van der Waals surface area contributed by atoms with Gasteiger partial charge in [0.2, 0.25) is 6.41 Å². The number of hydrogen-bond acceptors (Lipinski definition) is 4. The van der Waals surface area contributed by atoms with E-state index in [1.165, 1.54) is 12.3 Å². The number of carbonyl (C=O) groups excluding carboxylic acids is 2. The molecule has 0 aliphatic heterocycles. The van der Waals surface area contributed by atoms with E-state index >= 15 is 0 Å². The van der Waals surface area contributed by atoms with E-state index in [-0.39, 0.29) is 17.8 Å². The van der Waals surface area contributed by atoms with Crippen LogP contribution in [0.25, 0.3) is 11.0 Å². The van der Waals surface area contributed by atoms with Gasteiger partial charge in [0.15, 0.2) is 5.65 Å². The molecular formula is C17H14F3N5O2. The monoisotopic (exact) mass is 377 g/mol. The lowest BCUT2D eigenvalue weighted by Gasteiger charge is -2.18. The third kappa shape index (κ3) is 3.59. The highest BCUT2D eigenvalue weighted by Crippen LogP contribution is 2.31. The van der Waals surface area contributed by atoms with Crippen LogP contribution in [0.2, 0.25) is 0 Å². The highest BCUT2D eigenvalue weighted by Gasteiger charge is 2.31. The van der Waals surface area contributed by atoms with Crippen molar-refractivity contribution in [2.45, 2.75) is 13.1 Å². The Morgan fingerprint density at radius 3 is 2.70 bits per heavy atom. The van der Waals surface area contributed by atoms with Crippen LogP contribution in [0.5, 0.6) is 0 Å². The second-order valence-electron chi connectivity index (χ2n) is 5.76. The topological polar surface area (TPSA) is 80.1 Å². The molecule has 3 rings (SSSR count). The number of nitrogens with one attached hydrogen (secondary N) is 1. The Labute approximate surface area is 151 Å². The van der Waals surface area contributed by atoms with E-state index in [2.05, 4.69) is 15.4 Å². The van der Waals surface area contributed by atoms with Crippen LogP contribution in [0.4, 0.5) is 29.3 Å². The lowest BCUT2D eigenvalue weighted by molar-refractivity contribution is -0.137. The number of alkyl halides is 3. The smallest absolute Gasteiger partial charge is 0.306 e. The average Bonchev–Trinajstić information content (AvgIpc) is 2.89. The summed E-state index contributed by atoms with van der Waals surface area (Å²) in [6, 6.07) is 4.64. The molecule has 7 nitrogen and oxygen atoms in total. The molecule has 2 heterocycles. The Morgan fingerprint density at radius 2 is 2.04 bits per heavy atom. The molecule has 140 valence electrons. The number of amides is 3. The Kier molecular flexibility index (Phi) is 4.56. The van der Waals surface area contributed by atoms with Crippen molar-refractivity contribution in [3.8, 4) is 0 Å². The van der Waals surface area contributed by atoms with Gasteiger partial charge >= 0.3 is 12.2 Å². The maximum Gasteiger partial charge on any atom is 0.416 e. The molecule has 0 radical (unpaired) electrons. The van der Waals surface area contributed by atoms with Crippen molar-refractivity contribution in [1.82, 2.24) is 14.8 Å². The second-order valence-corrected chi connectivity index (χ2v) is 5.76. The van der Waals surface area contributed by atoms with Gasteiger partial charge in [-0.05, 0) is 31.2 Å². The van der Waals surface area contributed by atoms with Crippen LogP contribution in [0.15, 0.2) is 36.5 Å². The summed E-state index contributed by atoms with van der Waals surface area (Å²) in [7, 11) is 1.72. The van der Waals surface area contributed by atoms with Gasteiger partial charge in [-0.25, -0.2) is 14.7 Å². The number of carbonyl (C=O) groups is 2. The first kappa shape index (κ1) is 18.4. The number of imide groups is 1. The number of aryl methyl sites for hydroxylation is 2. The molecule has 1 N–H and O–H groups in total. The molecule has 3 amide bonds. The summed E-state index contributed by atoms with van der Waals surface area (Å²) in [4.78, 5) is 28.4. The van der Waals surface area contributed by atoms with Gasteiger partial charge in [0.1, 0.15) is 0 Å². The first-order valence-electron chi connectivity index (χ1n) is 7.73. The van der Waals surface area contributed by atoms with Crippen LogP contribution in [-0.4, -0.2) is 27.2 Å². The summed E-state index contributed by atoms with van der Waals surface area (Å²) in [6.07, 6.45) is -3.07. The Bertz CT molecular complexity index is 1030. The minimum Gasteiger partial charge on any atom is -0.306 e. The lowest BCUT2D eigenvalue weighted by atomic mass is 10.2. The highest BCUT2D eigenvalue weighted by atomic mass is 19.4. The van der Waals surface area contributed by atoms with Gasteiger partial charge in [0, 0.05) is 12.4 Å². The highest BCUT2D eigenvalue weighted by molar-refractivity contribution is 6.12.